The molecule has 0 aliphatic heterocycles. The van der Waals surface area contributed by atoms with Crippen LogP contribution in [0.4, 0.5) is 0 Å². The Morgan fingerprint density at radius 2 is 1.69 bits per heavy atom. The van der Waals surface area contributed by atoms with E-state index in [1.807, 2.05) is 42.5 Å². The Hall–Kier alpha value is -1.57. The van der Waals surface area contributed by atoms with Crippen molar-refractivity contribution in [1.29, 1.82) is 0 Å². The van der Waals surface area contributed by atoms with E-state index in [1.54, 1.807) is 6.20 Å². The number of aromatic nitrogens is 1. The largest absolute Gasteiger partial charge is 0.257 e. The Bertz CT molecular complexity index is 398. The number of hydrogen-bond acceptors (Lipinski definition) is 1. The van der Waals surface area contributed by atoms with Gasteiger partial charge in [-0.3, -0.25) is 4.98 Å². The third-order valence-electron chi connectivity index (χ3n) is 1.89. The summed E-state index contributed by atoms with van der Waals surface area (Å²) in [6, 6.07) is 13.6. The molecule has 0 aliphatic rings. The molecule has 60 valence electrons. The van der Waals surface area contributed by atoms with E-state index in [0.29, 0.717) is 5.46 Å². The lowest BCUT2D eigenvalue weighted by atomic mass is 9.91. The van der Waals surface area contributed by atoms with Gasteiger partial charge < -0.3 is 0 Å². The predicted molar refractivity (Wildman–Crippen MR) is 55.1 cm³/mol. The standard InChI is InChI=1S/C11H8BN/c12-10-7-4-8-13-11(10)9-5-2-1-3-6-9/h1-8H. The predicted octanol–water partition coefficient (Wildman–Crippen LogP) is 1.54. The van der Waals surface area contributed by atoms with Crippen molar-refractivity contribution in [2.24, 2.45) is 0 Å². The molecule has 1 nitrogen and oxygen atoms in total. The van der Waals surface area contributed by atoms with Crippen LogP contribution in [0.3, 0.4) is 0 Å². The molecule has 0 saturated carbocycles. The number of hydrogen-bond donors (Lipinski definition) is 0. The first kappa shape index (κ1) is 8.05. The van der Waals surface area contributed by atoms with Gasteiger partial charge in [-0.15, -0.1) is 0 Å². The maximum atomic E-state index is 5.79. The monoisotopic (exact) mass is 165 g/mol. The molecule has 2 aromatic rings. The fourth-order valence-corrected chi connectivity index (χ4v) is 1.25. The lowest BCUT2D eigenvalue weighted by Crippen LogP contribution is -2.07. The maximum absolute atomic E-state index is 5.79. The summed E-state index contributed by atoms with van der Waals surface area (Å²) in [5, 5.41) is 0. The van der Waals surface area contributed by atoms with E-state index in [1.165, 1.54) is 0 Å². The highest BCUT2D eigenvalue weighted by Crippen LogP contribution is 2.12. The minimum Gasteiger partial charge on any atom is -0.257 e. The first-order valence-electron chi connectivity index (χ1n) is 4.14. The van der Waals surface area contributed by atoms with E-state index in [0.717, 1.165) is 11.3 Å². The molecule has 0 atom stereocenters. The fourth-order valence-electron chi connectivity index (χ4n) is 1.25. The minimum absolute atomic E-state index is 0.716. The molecule has 0 amide bonds. The van der Waals surface area contributed by atoms with Crippen molar-refractivity contribution in [3.8, 4) is 11.3 Å². The van der Waals surface area contributed by atoms with E-state index in [-0.39, 0.29) is 0 Å². The molecule has 2 heteroatoms. The number of nitrogens with zero attached hydrogens (tertiary/aromatic N) is 1. The van der Waals surface area contributed by atoms with Crippen molar-refractivity contribution in [2.75, 3.05) is 0 Å². The number of rotatable bonds is 1. The Labute approximate surface area is 78.9 Å². The molecule has 2 radical (unpaired) electrons. The first-order chi connectivity index (χ1) is 6.38. The summed E-state index contributed by atoms with van der Waals surface area (Å²) < 4.78 is 0. The SMILES string of the molecule is [B]c1cccnc1-c1ccccc1. The molecule has 0 aliphatic carbocycles. The fraction of sp³-hybridized carbons (Fsp3) is 0. The molecule has 1 aromatic carbocycles. The summed E-state index contributed by atoms with van der Waals surface area (Å²) in [6.07, 6.45) is 1.75. The highest BCUT2D eigenvalue weighted by atomic mass is 14.7. The molecule has 0 spiro atoms. The summed E-state index contributed by atoms with van der Waals surface area (Å²) in [4.78, 5) is 4.22. The van der Waals surface area contributed by atoms with Gasteiger partial charge in [0.1, 0.15) is 7.85 Å². The molecule has 1 aromatic heterocycles. The third kappa shape index (κ3) is 1.62. The van der Waals surface area contributed by atoms with E-state index in [9.17, 15) is 0 Å². The Kier molecular flexibility index (Phi) is 2.13. The van der Waals surface area contributed by atoms with E-state index < -0.39 is 0 Å². The maximum Gasteiger partial charge on any atom is 0.116 e. The highest BCUT2D eigenvalue weighted by Gasteiger charge is 1.99. The zero-order chi connectivity index (χ0) is 9.10. The average molecular weight is 165 g/mol. The van der Waals surface area contributed by atoms with Gasteiger partial charge in [0.15, 0.2) is 0 Å². The average Bonchev–Trinajstić information content (AvgIpc) is 2.20. The van der Waals surface area contributed by atoms with Crippen LogP contribution in [0.2, 0.25) is 0 Å². The van der Waals surface area contributed by atoms with Gasteiger partial charge in [-0.2, -0.15) is 0 Å². The molecule has 13 heavy (non-hydrogen) atoms. The minimum atomic E-state index is 0.716. The van der Waals surface area contributed by atoms with Crippen molar-refractivity contribution < 1.29 is 0 Å². The van der Waals surface area contributed by atoms with Crippen LogP contribution >= 0.6 is 0 Å². The number of pyridine rings is 1. The highest BCUT2D eigenvalue weighted by molar-refractivity contribution is 6.35. The zero-order valence-corrected chi connectivity index (χ0v) is 7.14. The topological polar surface area (TPSA) is 12.9 Å². The van der Waals surface area contributed by atoms with Gasteiger partial charge in [-0.1, -0.05) is 41.9 Å². The zero-order valence-electron chi connectivity index (χ0n) is 7.14. The second-order valence-electron chi connectivity index (χ2n) is 2.81. The second kappa shape index (κ2) is 3.44. The van der Waals surface area contributed by atoms with Gasteiger partial charge >= 0.3 is 0 Å². The van der Waals surface area contributed by atoms with E-state index >= 15 is 0 Å². The third-order valence-corrected chi connectivity index (χ3v) is 1.89. The van der Waals surface area contributed by atoms with Crippen LogP contribution in [0.1, 0.15) is 0 Å². The molecule has 1 heterocycles. The molecule has 0 bridgehead atoms. The molecule has 0 unspecified atom stereocenters. The van der Waals surface area contributed by atoms with Crippen LogP contribution in [0, 0.1) is 0 Å². The molecular weight excluding hydrogens is 157 g/mol. The second-order valence-corrected chi connectivity index (χ2v) is 2.81. The molecule has 0 saturated heterocycles. The van der Waals surface area contributed by atoms with Crippen molar-refractivity contribution >= 4 is 13.3 Å². The van der Waals surface area contributed by atoms with Crippen molar-refractivity contribution in [2.45, 2.75) is 0 Å². The van der Waals surface area contributed by atoms with Crippen LogP contribution in [0.5, 0.6) is 0 Å². The van der Waals surface area contributed by atoms with Crippen LogP contribution in [-0.4, -0.2) is 12.8 Å². The Balaban J connectivity index is 2.54. The van der Waals surface area contributed by atoms with Gasteiger partial charge in [-0.25, -0.2) is 0 Å². The summed E-state index contributed by atoms with van der Waals surface area (Å²) in [5.41, 5.74) is 2.62. The summed E-state index contributed by atoms with van der Waals surface area (Å²) in [6.45, 7) is 0. The van der Waals surface area contributed by atoms with Crippen LogP contribution < -0.4 is 5.46 Å². The van der Waals surface area contributed by atoms with Gasteiger partial charge in [0, 0.05) is 6.20 Å². The molecule has 0 fully saturated rings. The lowest BCUT2D eigenvalue weighted by molar-refractivity contribution is 1.34. The normalized spacial score (nSPS) is 9.85. The molecule has 2 rings (SSSR count). The van der Waals surface area contributed by atoms with Gasteiger partial charge in [0.05, 0.1) is 5.69 Å². The summed E-state index contributed by atoms with van der Waals surface area (Å²) >= 11 is 0. The van der Waals surface area contributed by atoms with Crippen LogP contribution in [0.15, 0.2) is 48.7 Å². The molecule has 0 N–H and O–H groups in total. The summed E-state index contributed by atoms with van der Waals surface area (Å²) in [5.74, 6) is 0. The number of benzene rings is 1. The van der Waals surface area contributed by atoms with Crippen molar-refractivity contribution in [3.05, 3.63) is 48.7 Å². The Morgan fingerprint density at radius 1 is 0.923 bits per heavy atom. The van der Waals surface area contributed by atoms with Gasteiger partial charge in [0.2, 0.25) is 0 Å². The Morgan fingerprint density at radius 3 is 2.38 bits per heavy atom. The lowest BCUT2D eigenvalue weighted by Gasteiger charge is -2.03. The van der Waals surface area contributed by atoms with Gasteiger partial charge in [-0.05, 0) is 11.6 Å². The smallest absolute Gasteiger partial charge is 0.116 e. The van der Waals surface area contributed by atoms with E-state index in [2.05, 4.69) is 4.98 Å². The molecular formula is C11H8BN. The summed E-state index contributed by atoms with van der Waals surface area (Å²) in [7, 11) is 5.79. The van der Waals surface area contributed by atoms with Gasteiger partial charge in [0.25, 0.3) is 0 Å². The van der Waals surface area contributed by atoms with Crippen LogP contribution in [-0.2, 0) is 0 Å². The van der Waals surface area contributed by atoms with Crippen molar-refractivity contribution in [3.63, 3.8) is 0 Å². The van der Waals surface area contributed by atoms with E-state index in [4.69, 9.17) is 7.85 Å². The first-order valence-corrected chi connectivity index (χ1v) is 4.14. The quantitative estimate of drug-likeness (QED) is 0.584. The van der Waals surface area contributed by atoms with Crippen LogP contribution in [0.25, 0.3) is 11.3 Å². The van der Waals surface area contributed by atoms with Crippen molar-refractivity contribution in [1.82, 2.24) is 4.98 Å².